The third-order valence-corrected chi connectivity index (χ3v) is 4.80. The quantitative estimate of drug-likeness (QED) is 0.913. The average molecular weight is 310 g/mol. The van der Waals surface area contributed by atoms with E-state index in [9.17, 15) is 0 Å². The van der Waals surface area contributed by atoms with Crippen molar-refractivity contribution in [3.8, 4) is 0 Å². The van der Waals surface area contributed by atoms with Gasteiger partial charge in [-0.2, -0.15) is 0 Å². The smallest absolute Gasteiger partial charge is 0.136 e. The van der Waals surface area contributed by atoms with Crippen molar-refractivity contribution in [2.75, 3.05) is 23.3 Å². The molecule has 0 unspecified atom stereocenters. The summed E-state index contributed by atoms with van der Waals surface area (Å²) in [6, 6.07) is 8.38. The van der Waals surface area contributed by atoms with Crippen molar-refractivity contribution < 1.29 is 0 Å². The summed E-state index contributed by atoms with van der Waals surface area (Å²) in [5.74, 6) is 3.55. The number of piperidine rings is 1. The Morgan fingerprint density at radius 1 is 1.09 bits per heavy atom. The van der Waals surface area contributed by atoms with Crippen LogP contribution in [0.25, 0.3) is 0 Å². The minimum absolute atomic E-state index is 0.814. The molecule has 1 aromatic carbocycles. The van der Waals surface area contributed by atoms with Crippen LogP contribution < -0.4 is 10.2 Å². The van der Waals surface area contributed by atoms with E-state index in [1.165, 1.54) is 24.0 Å². The van der Waals surface area contributed by atoms with Gasteiger partial charge in [0.2, 0.25) is 0 Å². The summed E-state index contributed by atoms with van der Waals surface area (Å²) >= 11 is 0. The van der Waals surface area contributed by atoms with E-state index in [2.05, 4.69) is 65.2 Å². The Labute approximate surface area is 139 Å². The summed E-state index contributed by atoms with van der Waals surface area (Å²) in [6.07, 6.45) is 2.48. The van der Waals surface area contributed by atoms with Crippen LogP contribution in [0.5, 0.6) is 0 Å². The SMILES string of the molecule is Cc1nc(Nc2cccc(C)c2C)cc(N2CCC(C)CC2)n1. The lowest BCUT2D eigenvalue weighted by Crippen LogP contribution is -2.33. The van der Waals surface area contributed by atoms with Gasteiger partial charge in [0.1, 0.15) is 17.5 Å². The highest BCUT2D eigenvalue weighted by atomic mass is 15.2. The van der Waals surface area contributed by atoms with E-state index in [1.54, 1.807) is 0 Å². The first-order chi connectivity index (χ1) is 11.0. The summed E-state index contributed by atoms with van der Waals surface area (Å²) < 4.78 is 0. The number of hydrogen-bond acceptors (Lipinski definition) is 4. The maximum atomic E-state index is 4.64. The molecule has 0 amide bonds. The Bertz CT molecular complexity index is 688. The molecular weight excluding hydrogens is 284 g/mol. The Morgan fingerprint density at radius 2 is 1.83 bits per heavy atom. The molecule has 0 aliphatic carbocycles. The van der Waals surface area contributed by atoms with Crippen LogP contribution >= 0.6 is 0 Å². The third-order valence-electron chi connectivity index (χ3n) is 4.80. The highest BCUT2D eigenvalue weighted by molar-refractivity contribution is 5.64. The highest BCUT2D eigenvalue weighted by Crippen LogP contribution is 2.26. The number of hydrogen-bond donors (Lipinski definition) is 1. The molecule has 4 nitrogen and oxygen atoms in total. The predicted octanol–water partition coefficient (Wildman–Crippen LogP) is 4.38. The van der Waals surface area contributed by atoms with Gasteiger partial charge in [-0.25, -0.2) is 9.97 Å². The van der Waals surface area contributed by atoms with E-state index < -0.39 is 0 Å². The van der Waals surface area contributed by atoms with E-state index in [4.69, 9.17) is 0 Å². The Morgan fingerprint density at radius 3 is 2.57 bits per heavy atom. The fourth-order valence-electron chi connectivity index (χ4n) is 3.04. The van der Waals surface area contributed by atoms with Crippen LogP contribution in [0.3, 0.4) is 0 Å². The molecule has 23 heavy (non-hydrogen) atoms. The third kappa shape index (κ3) is 3.63. The van der Waals surface area contributed by atoms with Crippen molar-refractivity contribution in [1.29, 1.82) is 0 Å². The second-order valence-corrected chi connectivity index (χ2v) is 6.70. The van der Waals surface area contributed by atoms with Crippen LogP contribution in [0.15, 0.2) is 24.3 Å². The molecule has 1 saturated heterocycles. The maximum absolute atomic E-state index is 4.64. The summed E-state index contributed by atoms with van der Waals surface area (Å²) in [7, 11) is 0. The molecule has 0 radical (unpaired) electrons. The van der Waals surface area contributed by atoms with Gasteiger partial charge in [0.05, 0.1) is 0 Å². The van der Waals surface area contributed by atoms with Gasteiger partial charge in [-0.15, -0.1) is 0 Å². The molecule has 1 fully saturated rings. The monoisotopic (exact) mass is 310 g/mol. The Kier molecular flexibility index (Phi) is 4.51. The molecule has 0 saturated carbocycles. The zero-order valence-corrected chi connectivity index (χ0v) is 14.6. The normalized spacial score (nSPS) is 15.7. The zero-order chi connectivity index (χ0) is 16.4. The van der Waals surface area contributed by atoms with Crippen LogP contribution in [-0.4, -0.2) is 23.1 Å². The van der Waals surface area contributed by atoms with Gasteiger partial charge in [-0.05, 0) is 56.7 Å². The van der Waals surface area contributed by atoms with E-state index in [0.717, 1.165) is 42.2 Å². The topological polar surface area (TPSA) is 41.1 Å². The number of benzene rings is 1. The number of aryl methyl sites for hydroxylation is 2. The van der Waals surface area contributed by atoms with Gasteiger partial charge in [0.25, 0.3) is 0 Å². The van der Waals surface area contributed by atoms with E-state index >= 15 is 0 Å². The van der Waals surface area contributed by atoms with E-state index in [0.29, 0.717) is 0 Å². The first-order valence-electron chi connectivity index (χ1n) is 8.47. The standard InChI is InChI=1S/C19H26N4/c1-13-8-10-23(11-9-13)19-12-18(20-16(4)21-19)22-17-7-5-6-14(2)15(17)3/h5-7,12-13H,8-11H2,1-4H3,(H,20,21,22). The van der Waals surface area contributed by atoms with Crippen LogP contribution in [0.2, 0.25) is 0 Å². The number of anilines is 3. The fraction of sp³-hybridized carbons (Fsp3) is 0.474. The van der Waals surface area contributed by atoms with Crippen LogP contribution in [0.4, 0.5) is 17.3 Å². The summed E-state index contributed by atoms with van der Waals surface area (Å²) in [4.78, 5) is 11.6. The lowest BCUT2D eigenvalue weighted by molar-refractivity contribution is 0.436. The van der Waals surface area contributed by atoms with Crippen LogP contribution in [-0.2, 0) is 0 Å². The molecule has 0 bridgehead atoms. The second kappa shape index (κ2) is 6.57. The van der Waals surface area contributed by atoms with E-state index in [1.807, 2.05) is 6.92 Å². The fourth-order valence-corrected chi connectivity index (χ4v) is 3.04. The molecule has 1 aliphatic heterocycles. The molecule has 3 rings (SSSR count). The first-order valence-corrected chi connectivity index (χ1v) is 8.47. The van der Waals surface area contributed by atoms with Crippen molar-refractivity contribution in [3.63, 3.8) is 0 Å². The maximum Gasteiger partial charge on any atom is 0.136 e. The molecule has 2 heterocycles. The molecule has 0 spiro atoms. The minimum Gasteiger partial charge on any atom is -0.356 e. The predicted molar refractivity (Wildman–Crippen MR) is 96.6 cm³/mol. The number of aromatic nitrogens is 2. The largest absolute Gasteiger partial charge is 0.356 e. The average Bonchev–Trinajstić information content (AvgIpc) is 2.52. The van der Waals surface area contributed by atoms with Crippen molar-refractivity contribution in [3.05, 3.63) is 41.2 Å². The molecule has 1 N–H and O–H groups in total. The van der Waals surface area contributed by atoms with Gasteiger partial charge in [0, 0.05) is 24.8 Å². The van der Waals surface area contributed by atoms with Crippen LogP contribution in [0, 0.1) is 26.7 Å². The van der Waals surface area contributed by atoms with Gasteiger partial charge in [-0.3, -0.25) is 0 Å². The highest BCUT2D eigenvalue weighted by Gasteiger charge is 2.18. The Hall–Kier alpha value is -2.10. The summed E-state index contributed by atoms with van der Waals surface area (Å²) in [5, 5.41) is 3.46. The number of nitrogens with zero attached hydrogens (tertiary/aromatic N) is 3. The molecule has 1 aromatic heterocycles. The lowest BCUT2D eigenvalue weighted by Gasteiger charge is -2.31. The van der Waals surface area contributed by atoms with Crippen molar-refractivity contribution in [2.24, 2.45) is 5.92 Å². The first kappa shape index (κ1) is 15.8. The summed E-state index contributed by atoms with van der Waals surface area (Å²) in [6.45, 7) is 10.7. The van der Waals surface area contributed by atoms with Crippen molar-refractivity contribution in [2.45, 2.75) is 40.5 Å². The molecule has 1 aliphatic rings. The van der Waals surface area contributed by atoms with Crippen molar-refractivity contribution >= 4 is 17.3 Å². The molecule has 4 heteroatoms. The Balaban J connectivity index is 1.84. The van der Waals surface area contributed by atoms with Gasteiger partial charge < -0.3 is 10.2 Å². The van der Waals surface area contributed by atoms with Crippen molar-refractivity contribution in [1.82, 2.24) is 9.97 Å². The molecule has 122 valence electrons. The molecular formula is C19H26N4. The zero-order valence-electron chi connectivity index (χ0n) is 14.6. The molecule has 0 atom stereocenters. The van der Waals surface area contributed by atoms with Crippen LogP contribution in [0.1, 0.15) is 36.7 Å². The van der Waals surface area contributed by atoms with E-state index in [-0.39, 0.29) is 0 Å². The lowest BCUT2D eigenvalue weighted by atomic mass is 9.99. The van der Waals surface area contributed by atoms with Gasteiger partial charge in [0.15, 0.2) is 0 Å². The number of rotatable bonds is 3. The second-order valence-electron chi connectivity index (χ2n) is 6.70. The number of nitrogens with one attached hydrogen (secondary N) is 1. The molecule has 2 aromatic rings. The van der Waals surface area contributed by atoms with Gasteiger partial charge >= 0.3 is 0 Å². The van der Waals surface area contributed by atoms with Gasteiger partial charge in [-0.1, -0.05) is 19.1 Å². The minimum atomic E-state index is 0.814. The summed E-state index contributed by atoms with van der Waals surface area (Å²) in [5.41, 5.74) is 3.66.